The molecule has 0 atom stereocenters. The van der Waals surface area contributed by atoms with Gasteiger partial charge in [-0.3, -0.25) is 10.1 Å². The van der Waals surface area contributed by atoms with E-state index in [4.69, 9.17) is 10.7 Å². The second kappa shape index (κ2) is 4.75. The standard InChI is InChI=1S/C8H7ClFNO4S/c9-16(14,15)4-3-6-5-7(10)1-2-8(6)11(12)13/h1-2,5H,3-4H2. The number of nitro groups is 1. The van der Waals surface area contributed by atoms with E-state index in [1.54, 1.807) is 0 Å². The van der Waals surface area contributed by atoms with Crippen LogP contribution in [0.15, 0.2) is 18.2 Å². The van der Waals surface area contributed by atoms with Gasteiger partial charge < -0.3 is 0 Å². The van der Waals surface area contributed by atoms with Gasteiger partial charge in [0.05, 0.1) is 10.7 Å². The Kier molecular flexibility index (Phi) is 3.82. The second-order valence-electron chi connectivity index (χ2n) is 3.02. The van der Waals surface area contributed by atoms with E-state index < -0.39 is 25.5 Å². The largest absolute Gasteiger partial charge is 0.272 e. The van der Waals surface area contributed by atoms with Crippen molar-refractivity contribution in [3.8, 4) is 0 Å². The molecule has 0 aliphatic rings. The van der Waals surface area contributed by atoms with Crippen molar-refractivity contribution in [1.82, 2.24) is 0 Å². The number of nitro benzene ring substituents is 1. The molecule has 16 heavy (non-hydrogen) atoms. The lowest BCUT2D eigenvalue weighted by molar-refractivity contribution is -0.385. The van der Waals surface area contributed by atoms with Crippen LogP contribution in [0.3, 0.4) is 0 Å². The van der Waals surface area contributed by atoms with Gasteiger partial charge in [-0.1, -0.05) is 0 Å². The van der Waals surface area contributed by atoms with Gasteiger partial charge in [-0.2, -0.15) is 0 Å². The van der Waals surface area contributed by atoms with Gasteiger partial charge in [0, 0.05) is 22.3 Å². The van der Waals surface area contributed by atoms with Crippen molar-refractivity contribution in [3.63, 3.8) is 0 Å². The molecular formula is C8H7ClFNO4S. The van der Waals surface area contributed by atoms with Crippen LogP contribution in [0.5, 0.6) is 0 Å². The maximum absolute atomic E-state index is 12.8. The summed E-state index contributed by atoms with van der Waals surface area (Å²) in [5, 5.41) is 10.6. The van der Waals surface area contributed by atoms with E-state index in [1.807, 2.05) is 0 Å². The quantitative estimate of drug-likeness (QED) is 0.474. The van der Waals surface area contributed by atoms with Crippen LogP contribution in [0, 0.1) is 15.9 Å². The molecule has 0 saturated carbocycles. The highest BCUT2D eigenvalue weighted by Gasteiger charge is 2.16. The van der Waals surface area contributed by atoms with Gasteiger partial charge in [-0.15, -0.1) is 0 Å². The Labute approximate surface area is 95.4 Å². The summed E-state index contributed by atoms with van der Waals surface area (Å²) in [6.45, 7) is 0. The Morgan fingerprint density at radius 1 is 1.44 bits per heavy atom. The summed E-state index contributed by atoms with van der Waals surface area (Å²) in [6.07, 6.45) is -0.195. The van der Waals surface area contributed by atoms with Crippen molar-refractivity contribution in [2.75, 3.05) is 5.75 Å². The summed E-state index contributed by atoms with van der Waals surface area (Å²) in [4.78, 5) is 9.86. The van der Waals surface area contributed by atoms with Crippen LogP contribution in [-0.4, -0.2) is 19.1 Å². The zero-order chi connectivity index (χ0) is 12.3. The molecule has 1 aromatic carbocycles. The fourth-order valence-corrected chi connectivity index (χ4v) is 1.86. The van der Waals surface area contributed by atoms with Crippen molar-refractivity contribution in [3.05, 3.63) is 39.7 Å². The van der Waals surface area contributed by atoms with Crippen LogP contribution in [0.25, 0.3) is 0 Å². The molecule has 0 radical (unpaired) electrons. The minimum absolute atomic E-state index is 0.00854. The third kappa shape index (κ3) is 3.74. The molecule has 0 aliphatic heterocycles. The van der Waals surface area contributed by atoms with Crippen LogP contribution in [0.1, 0.15) is 5.56 Å². The maximum Gasteiger partial charge on any atom is 0.272 e. The monoisotopic (exact) mass is 267 g/mol. The average Bonchev–Trinajstić information content (AvgIpc) is 2.13. The summed E-state index contributed by atoms with van der Waals surface area (Å²) < 4.78 is 34.2. The Morgan fingerprint density at radius 2 is 2.06 bits per heavy atom. The summed E-state index contributed by atoms with van der Waals surface area (Å²) in [7, 11) is 1.21. The molecule has 0 spiro atoms. The lowest BCUT2D eigenvalue weighted by Crippen LogP contribution is -2.04. The molecular weight excluding hydrogens is 261 g/mol. The molecule has 0 aliphatic carbocycles. The molecule has 0 heterocycles. The molecule has 0 N–H and O–H groups in total. The van der Waals surface area contributed by atoms with E-state index in [1.165, 1.54) is 0 Å². The number of rotatable bonds is 4. The Morgan fingerprint density at radius 3 is 2.56 bits per heavy atom. The number of benzene rings is 1. The molecule has 0 unspecified atom stereocenters. The fraction of sp³-hybridized carbons (Fsp3) is 0.250. The smallest absolute Gasteiger partial charge is 0.258 e. The molecule has 0 amide bonds. The summed E-state index contributed by atoms with van der Waals surface area (Å²) in [6, 6.07) is 2.86. The molecule has 0 bridgehead atoms. The lowest BCUT2D eigenvalue weighted by atomic mass is 10.1. The summed E-state index contributed by atoms with van der Waals surface area (Å²) in [5.41, 5.74) is -0.309. The normalized spacial score (nSPS) is 11.4. The third-order valence-electron chi connectivity index (χ3n) is 1.85. The van der Waals surface area contributed by atoms with E-state index in [2.05, 4.69) is 0 Å². The Balaban J connectivity index is 3.01. The maximum atomic E-state index is 12.8. The first-order valence-corrected chi connectivity index (χ1v) is 6.62. The third-order valence-corrected chi connectivity index (χ3v) is 3.01. The molecule has 8 heteroatoms. The lowest BCUT2D eigenvalue weighted by Gasteiger charge is -2.01. The highest BCUT2D eigenvalue weighted by Crippen LogP contribution is 2.20. The topological polar surface area (TPSA) is 77.3 Å². The minimum atomic E-state index is -3.75. The first-order chi connectivity index (χ1) is 7.29. The predicted molar refractivity (Wildman–Crippen MR) is 56.4 cm³/mol. The highest BCUT2D eigenvalue weighted by molar-refractivity contribution is 8.13. The van der Waals surface area contributed by atoms with Crippen LogP contribution < -0.4 is 0 Å². The van der Waals surface area contributed by atoms with Gasteiger partial charge in [-0.05, 0) is 18.6 Å². The minimum Gasteiger partial charge on any atom is -0.258 e. The molecule has 1 aromatic rings. The van der Waals surface area contributed by atoms with Crippen molar-refractivity contribution < 1.29 is 17.7 Å². The fourth-order valence-electron chi connectivity index (χ4n) is 1.16. The van der Waals surface area contributed by atoms with Crippen molar-refractivity contribution in [2.45, 2.75) is 6.42 Å². The predicted octanol–water partition coefficient (Wildman–Crippen LogP) is 1.84. The van der Waals surface area contributed by atoms with Crippen LogP contribution in [-0.2, 0) is 15.5 Å². The zero-order valence-corrected chi connectivity index (χ0v) is 9.46. The zero-order valence-electron chi connectivity index (χ0n) is 7.89. The van der Waals surface area contributed by atoms with E-state index in [9.17, 15) is 22.9 Å². The Hall–Kier alpha value is -1.21. The van der Waals surface area contributed by atoms with Gasteiger partial charge in [0.15, 0.2) is 0 Å². The average molecular weight is 268 g/mol. The van der Waals surface area contributed by atoms with Crippen molar-refractivity contribution in [2.24, 2.45) is 0 Å². The summed E-state index contributed by atoms with van der Waals surface area (Å²) >= 11 is 0. The first-order valence-electron chi connectivity index (χ1n) is 4.15. The second-order valence-corrected chi connectivity index (χ2v) is 5.92. The molecule has 88 valence electrons. The molecule has 0 aromatic heterocycles. The molecule has 0 fully saturated rings. The van der Waals surface area contributed by atoms with E-state index in [0.717, 1.165) is 18.2 Å². The molecule has 0 saturated heterocycles. The number of halogens is 2. The van der Waals surface area contributed by atoms with Crippen LogP contribution in [0.4, 0.5) is 10.1 Å². The molecule has 1 rings (SSSR count). The highest BCUT2D eigenvalue weighted by atomic mass is 35.7. The number of aryl methyl sites for hydroxylation is 1. The van der Waals surface area contributed by atoms with Crippen molar-refractivity contribution in [1.29, 1.82) is 0 Å². The first kappa shape index (κ1) is 12.9. The van der Waals surface area contributed by atoms with E-state index in [-0.39, 0.29) is 17.7 Å². The number of hydrogen-bond acceptors (Lipinski definition) is 4. The van der Waals surface area contributed by atoms with Gasteiger partial charge in [0.1, 0.15) is 5.82 Å². The van der Waals surface area contributed by atoms with Gasteiger partial charge in [0.25, 0.3) is 5.69 Å². The number of nitrogens with zero attached hydrogens (tertiary/aromatic N) is 1. The Bertz CT molecular complexity index is 517. The van der Waals surface area contributed by atoms with Crippen molar-refractivity contribution >= 4 is 25.4 Å². The number of hydrogen-bond donors (Lipinski definition) is 0. The van der Waals surface area contributed by atoms with E-state index >= 15 is 0 Å². The van der Waals surface area contributed by atoms with Gasteiger partial charge >= 0.3 is 0 Å². The van der Waals surface area contributed by atoms with E-state index in [0.29, 0.717) is 0 Å². The van der Waals surface area contributed by atoms with Gasteiger partial charge in [0.2, 0.25) is 9.05 Å². The van der Waals surface area contributed by atoms with Gasteiger partial charge in [-0.25, -0.2) is 12.8 Å². The van der Waals surface area contributed by atoms with Crippen LogP contribution >= 0.6 is 10.7 Å². The summed E-state index contributed by atoms with van der Waals surface area (Å²) in [5.74, 6) is -1.13. The van der Waals surface area contributed by atoms with Crippen LogP contribution in [0.2, 0.25) is 0 Å². The molecule has 5 nitrogen and oxygen atoms in total. The SMILES string of the molecule is O=[N+]([O-])c1ccc(F)cc1CCS(=O)(=O)Cl.